The van der Waals surface area contributed by atoms with E-state index in [2.05, 4.69) is 30.5 Å². The Bertz CT molecular complexity index is 1800. The van der Waals surface area contributed by atoms with Gasteiger partial charge in [0.2, 0.25) is 0 Å². The molecule has 10 heteroatoms. The van der Waals surface area contributed by atoms with Crippen LogP contribution in [0.25, 0.3) is 56.0 Å². The molecule has 1 fully saturated rings. The van der Waals surface area contributed by atoms with Crippen molar-refractivity contribution in [3.8, 4) is 39.7 Å². The molecule has 1 aliphatic rings. The van der Waals surface area contributed by atoms with Crippen molar-refractivity contribution in [1.29, 1.82) is 0 Å². The Morgan fingerprint density at radius 3 is 2.62 bits per heavy atom. The van der Waals surface area contributed by atoms with Gasteiger partial charge in [0, 0.05) is 23.5 Å². The van der Waals surface area contributed by atoms with E-state index < -0.39 is 0 Å². The maximum atomic E-state index is 14.2. The van der Waals surface area contributed by atoms with Crippen molar-refractivity contribution in [2.45, 2.75) is 25.9 Å². The topological polar surface area (TPSA) is 117 Å². The second-order valence-corrected chi connectivity index (χ2v) is 9.83. The summed E-state index contributed by atoms with van der Waals surface area (Å²) in [5.41, 5.74) is 7.34. The highest BCUT2D eigenvalue weighted by Crippen LogP contribution is 2.32. The minimum absolute atomic E-state index is 0.183. The van der Waals surface area contributed by atoms with Gasteiger partial charge in [0.1, 0.15) is 23.2 Å². The first-order chi connectivity index (χ1) is 19.1. The van der Waals surface area contributed by atoms with Crippen LogP contribution in [0.15, 0.2) is 61.2 Å². The third-order valence-electron chi connectivity index (χ3n) is 6.98. The van der Waals surface area contributed by atoms with E-state index in [1.807, 2.05) is 31.2 Å². The quantitative estimate of drug-likeness (QED) is 0.286. The normalized spacial score (nSPS) is 14.3. The molecule has 6 heterocycles. The van der Waals surface area contributed by atoms with Crippen LogP contribution in [0.4, 0.5) is 4.39 Å². The molecule has 0 saturated carbocycles. The molecule has 0 amide bonds. The summed E-state index contributed by atoms with van der Waals surface area (Å²) < 4.78 is 20.3. The molecule has 1 aromatic carbocycles. The lowest BCUT2D eigenvalue weighted by Gasteiger charge is -2.23. The van der Waals surface area contributed by atoms with Crippen LogP contribution in [-0.2, 0) is 0 Å². The number of pyridine rings is 3. The summed E-state index contributed by atoms with van der Waals surface area (Å²) in [6.45, 7) is 3.78. The lowest BCUT2D eigenvalue weighted by atomic mass is 10.0. The summed E-state index contributed by atoms with van der Waals surface area (Å²) in [6, 6.07) is 10.8. The number of aromatic nitrogens is 7. The lowest BCUT2D eigenvalue weighted by molar-refractivity contribution is 0.162. The number of hydrogen-bond donors (Lipinski definition) is 3. The Balaban J connectivity index is 1.26. The maximum Gasteiger partial charge on any atom is 0.161 e. The van der Waals surface area contributed by atoms with Gasteiger partial charge in [0.05, 0.1) is 34.6 Å². The van der Waals surface area contributed by atoms with Crippen molar-refractivity contribution < 1.29 is 9.13 Å². The molecule has 5 aromatic heterocycles. The zero-order valence-electron chi connectivity index (χ0n) is 21.2. The van der Waals surface area contributed by atoms with E-state index in [1.54, 1.807) is 24.8 Å². The smallest absolute Gasteiger partial charge is 0.161 e. The van der Waals surface area contributed by atoms with E-state index >= 15 is 0 Å². The second kappa shape index (κ2) is 9.55. The average molecular weight is 521 g/mol. The summed E-state index contributed by atoms with van der Waals surface area (Å²) in [4.78, 5) is 21.8. The van der Waals surface area contributed by atoms with Gasteiger partial charge in [-0.05, 0) is 74.3 Å². The maximum absolute atomic E-state index is 14.2. The molecule has 0 bridgehead atoms. The van der Waals surface area contributed by atoms with Gasteiger partial charge >= 0.3 is 0 Å². The molecule has 9 nitrogen and oxygen atoms in total. The van der Waals surface area contributed by atoms with Crippen LogP contribution in [0.1, 0.15) is 18.4 Å². The predicted octanol–water partition coefficient (Wildman–Crippen LogP) is 5.20. The number of piperidine rings is 1. The number of halogens is 1. The van der Waals surface area contributed by atoms with Crippen LogP contribution in [0.5, 0.6) is 5.75 Å². The first-order valence-corrected chi connectivity index (χ1v) is 12.9. The first-order valence-electron chi connectivity index (χ1n) is 12.9. The fraction of sp³-hybridized carbons (Fsp3) is 0.207. The van der Waals surface area contributed by atoms with E-state index in [1.165, 1.54) is 12.1 Å². The number of nitrogens with one attached hydrogen (secondary N) is 3. The SMILES string of the molecule is Cc1cc(F)cc(-c2cncc3[nH]c(-c4n[nH]c5ccc(-c6cncc(OC7CCNCC7)c6)nc45)nc23)c1. The molecule has 194 valence electrons. The largest absolute Gasteiger partial charge is 0.489 e. The average Bonchev–Trinajstić information content (AvgIpc) is 3.57. The molecule has 0 aliphatic carbocycles. The van der Waals surface area contributed by atoms with Crippen LogP contribution in [-0.4, -0.2) is 54.3 Å². The number of hydrogen-bond acceptors (Lipinski definition) is 7. The summed E-state index contributed by atoms with van der Waals surface area (Å²) >= 11 is 0. The molecule has 0 radical (unpaired) electrons. The number of ether oxygens (including phenoxy) is 1. The van der Waals surface area contributed by atoms with Gasteiger partial charge in [-0.25, -0.2) is 14.4 Å². The van der Waals surface area contributed by atoms with Crippen LogP contribution in [0, 0.1) is 12.7 Å². The minimum Gasteiger partial charge on any atom is -0.489 e. The van der Waals surface area contributed by atoms with Gasteiger partial charge in [-0.15, -0.1) is 0 Å². The van der Waals surface area contributed by atoms with Crippen LogP contribution in [0.2, 0.25) is 0 Å². The molecule has 3 N–H and O–H groups in total. The molecule has 0 atom stereocenters. The van der Waals surface area contributed by atoms with E-state index in [9.17, 15) is 4.39 Å². The van der Waals surface area contributed by atoms with Gasteiger partial charge in [0.25, 0.3) is 0 Å². The number of fused-ring (bicyclic) bond motifs is 2. The Morgan fingerprint density at radius 1 is 0.872 bits per heavy atom. The highest BCUT2D eigenvalue weighted by Gasteiger charge is 2.19. The second-order valence-electron chi connectivity index (χ2n) is 9.83. The molecular formula is C29H25FN8O. The van der Waals surface area contributed by atoms with Gasteiger partial charge in [-0.1, -0.05) is 6.07 Å². The Morgan fingerprint density at radius 2 is 1.74 bits per heavy atom. The number of benzene rings is 1. The highest BCUT2D eigenvalue weighted by molar-refractivity contribution is 5.95. The third kappa shape index (κ3) is 4.48. The van der Waals surface area contributed by atoms with E-state index in [0.29, 0.717) is 22.6 Å². The molecule has 0 spiro atoms. The predicted molar refractivity (Wildman–Crippen MR) is 147 cm³/mol. The summed E-state index contributed by atoms with van der Waals surface area (Å²) in [5.74, 6) is 0.982. The zero-order chi connectivity index (χ0) is 26.3. The Hall–Kier alpha value is -4.70. The van der Waals surface area contributed by atoms with E-state index in [4.69, 9.17) is 14.7 Å². The van der Waals surface area contributed by atoms with Crippen molar-refractivity contribution in [2.24, 2.45) is 0 Å². The van der Waals surface area contributed by atoms with Gasteiger partial charge < -0.3 is 15.0 Å². The highest BCUT2D eigenvalue weighted by atomic mass is 19.1. The fourth-order valence-corrected chi connectivity index (χ4v) is 5.10. The molecule has 1 saturated heterocycles. The monoisotopic (exact) mass is 520 g/mol. The van der Waals surface area contributed by atoms with Crippen molar-refractivity contribution in [3.63, 3.8) is 0 Å². The standard InChI is InChI=1S/C29H25FN8O/c1-16-8-17(10-19(30)9-16)22-14-33-15-25-26(22)36-29(35-25)28-27-24(37-38-28)3-2-23(34-27)18-11-21(13-32-12-18)39-20-4-6-31-7-5-20/h2-3,8-15,20,31H,4-7H2,1H3,(H,35,36)(H,37,38). The van der Waals surface area contributed by atoms with Crippen molar-refractivity contribution >= 4 is 22.1 Å². The van der Waals surface area contributed by atoms with Gasteiger partial charge in [-0.2, -0.15) is 5.10 Å². The van der Waals surface area contributed by atoms with Crippen molar-refractivity contribution in [1.82, 2.24) is 40.4 Å². The number of rotatable bonds is 5. The molecule has 39 heavy (non-hydrogen) atoms. The van der Waals surface area contributed by atoms with Gasteiger partial charge in [-0.3, -0.25) is 15.1 Å². The summed E-state index contributed by atoms with van der Waals surface area (Å²) in [5, 5.41) is 10.9. The number of H-pyrrole nitrogens is 2. The molecule has 0 unspecified atom stereocenters. The van der Waals surface area contributed by atoms with Crippen molar-refractivity contribution in [2.75, 3.05) is 13.1 Å². The Kier molecular flexibility index (Phi) is 5.74. The first kappa shape index (κ1) is 23.4. The molecule has 7 rings (SSSR count). The van der Waals surface area contributed by atoms with Crippen molar-refractivity contribution in [3.05, 3.63) is 72.6 Å². The number of aryl methyl sites for hydroxylation is 1. The summed E-state index contributed by atoms with van der Waals surface area (Å²) in [6.07, 6.45) is 9.06. The minimum atomic E-state index is -0.299. The number of aromatic amines is 2. The molecule has 6 aromatic rings. The van der Waals surface area contributed by atoms with E-state index in [-0.39, 0.29) is 11.9 Å². The van der Waals surface area contributed by atoms with E-state index in [0.717, 1.165) is 70.7 Å². The molecule has 1 aliphatic heterocycles. The number of nitrogens with zero attached hydrogens (tertiary/aromatic N) is 5. The van der Waals surface area contributed by atoms with Gasteiger partial charge in [0.15, 0.2) is 11.5 Å². The molecular weight excluding hydrogens is 495 g/mol. The number of imidazole rings is 1. The van der Waals surface area contributed by atoms with Crippen LogP contribution >= 0.6 is 0 Å². The third-order valence-corrected chi connectivity index (χ3v) is 6.98. The zero-order valence-corrected chi connectivity index (χ0v) is 21.2. The van der Waals surface area contributed by atoms with Crippen LogP contribution in [0.3, 0.4) is 0 Å². The lowest BCUT2D eigenvalue weighted by Crippen LogP contribution is -2.34. The summed E-state index contributed by atoms with van der Waals surface area (Å²) in [7, 11) is 0. The fourth-order valence-electron chi connectivity index (χ4n) is 5.10. The Labute approximate surface area is 222 Å². The van der Waals surface area contributed by atoms with Crippen LogP contribution < -0.4 is 10.1 Å².